The molecule has 0 fully saturated rings. The Balaban J connectivity index is 1.91. The van der Waals surface area contributed by atoms with E-state index in [0.717, 1.165) is 54.6 Å². The minimum absolute atomic E-state index is 0.801. The number of pyridine rings is 2. The largest absolute Gasteiger partial charge is 0.254 e. The van der Waals surface area contributed by atoms with Gasteiger partial charge < -0.3 is 0 Å². The first-order valence-electron chi connectivity index (χ1n) is 8.50. The first-order chi connectivity index (χ1) is 12.9. The van der Waals surface area contributed by atoms with Crippen LogP contribution in [0.2, 0.25) is 0 Å². The van der Waals surface area contributed by atoms with Gasteiger partial charge in [-0.3, -0.25) is 9.97 Å². The summed E-state index contributed by atoms with van der Waals surface area (Å²) in [6.45, 7) is 0. The van der Waals surface area contributed by atoms with Gasteiger partial charge in [0.1, 0.15) is 11.0 Å². The summed E-state index contributed by atoms with van der Waals surface area (Å²) in [7, 11) is 0. The van der Waals surface area contributed by atoms with Gasteiger partial charge in [-0.05, 0) is 35.0 Å². The van der Waals surface area contributed by atoms with Gasteiger partial charge in [-0.2, -0.15) is 0 Å². The van der Waals surface area contributed by atoms with E-state index in [1.165, 1.54) is 0 Å². The second kappa shape index (κ2) is 4.92. The molecule has 0 spiro atoms. The van der Waals surface area contributed by atoms with Crippen LogP contribution >= 0.6 is 0 Å². The van der Waals surface area contributed by atoms with Crippen molar-refractivity contribution < 1.29 is 0 Å². The third kappa shape index (κ3) is 1.78. The topological polar surface area (TPSA) is 51.6 Å². The predicted octanol–water partition coefficient (Wildman–Crippen LogP) is 5.03. The van der Waals surface area contributed by atoms with Crippen LogP contribution in [-0.2, 0) is 0 Å². The van der Waals surface area contributed by atoms with Crippen LogP contribution in [0.3, 0.4) is 0 Å². The van der Waals surface area contributed by atoms with E-state index in [2.05, 4.69) is 46.4 Å². The maximum atomic E-state index is 4.94. The van der Waals surface area contributed by atoms with Crippen LogP contribution in [0.1, 0.15) is 0 Å². The molecule has 0 saturated heterocycles. The van der Waals surface area contributed by atoms with Crippen molar-refractivity contribution in [1.29, 1.82) is 0 Å². The highest BCUT2D eigenvalue weighted by atomic mass is 14.9. The molecule has 3 aromatic heterocycles. The quantitative estimate of drug-likeness (QED) is 0.289. The molecular weight excluding hydrogens is 320 g/mol. The van der Waals surface area contributed by atoms with E-state index in [9.17, 15) is 0 Å². The zero-order valence-corrected chi connectivity index (χ0v) is 13.7. The summed E-state index contributed by atoms with van der Waals surface area (Å²) in [5.74, 6) is 0. The van der Waals surface area contributed by atoms with E-state index >= 15 is 0 Å². The molecular formula is C22H12N4. The van der Waals surface area contributed by atoms with Crippen molar-refractivity contribution in [2.75, 3.05) is 0 Å². The Labute approximate surface area is 148 Å². The van der Waals surface area contributed by atoms with Crippen molar-refractivity contribution >= 4 is 54.6 Å². The minimum Gasteiger partial charge on any atom is -0.254 e. The molecule has 0 unspecified atom stereocenters. The van der Waals surface area contributed by atoms with Crippen LogP contribution in [0.15, 0.2) is 73.1 Å². The molecule has 0 saturated carbocycles. The number of nitrogens with zero attached hydrogens (tertiary/aromatic N) is 4. The van der Waals surface area contributed by atoms with Gasteiger partial charge in [-0.15, -0.1) is 0 Å². The standard InChI is InChI=1S/C22H12N4/c1-2-6-14-12-18-17(11-13(14)5-1)25-21-19-15(7-3-9-23-19)16-8-4-10-24-20(16)22(21)26-18/h1-12H. The van der Waals surface area contributed by atoms with Crippen molar-refractivity contribution in [1.82, 2.24) is 19.9 Å². The number of benzene rings is 3. The monoisotopic (exact) mass is 332 g/mol. The van der Waals surface area contributed by atoms with Gasteiger partial charge in [-0.1, -0.05) is 36.4 Å². The number of fused-ring (bicyclic) bond motifs is 8. The fraction of sp³-hybridized carbons (Fsp3) is 0. The molecule has 0 aliphatic rings. The van der Waals surface area contributed by atoms with Gasteiger partial charge in [0.25, 0.3) is 0 Å². The molecule has 0 amide bonds. The fourth-order valence-electron chi connectivity index (χ4n) is 3.70. The Hall–Kier alpha value is -3.66. The third-order valence-electron chi connectivity index (χ3n) is 4.89. The second-order valence-electron chi connectivity index (χ2n) is 6.41. The maximum Gasteiger partial charge on any atom is 0.118 e. The number of rotatable bonds is 0. The van der Waals surface area contributed by atoms with Crippen LogP contribution in [0.4, 0.5) is 0 Å². The first-order valence-corrected chi connectivity index (χ1v) is 8.50. The highest BCUT2D eigenvalue weighted by Crippen LogP contribution is 2.32. The molecule has 26 heavy (non-hydrogen) atoms. The summed E-state index contributed by atoms with van der Waals surface area (Å²) in [6.07, 6.45) is 3.60. The van der Waals surface area contributed by atoms with Gasteiger partial charge in [0.15, 0.2) is 0 Å². The highest BCUT2D eigenvalue weighted by molar-refractivity contribution is 6.21. The summed E-state index contributed by atoms with van der Waals surface area (Å²) in [4.78, 5) is 19.1. The SMILES string of the molecule is c1ccc2cc3nc4c5ncccc5c5cccnc5c4nc3cc2c1. The highest BCUT2D eigenvalue weighted by Gasteiger charge is 2.14. The van der Waals surface area contributed by atoms with Gasteiger partial charge in [-0.25, -0.2) is 9.97 Å². The molecule has 0 aliphatic heterocycles. The van der Waals surface area contributed by atoms with Crippen LogP contribution in [-0.4, -0.2) is 19.9 Å². The van der Waals surface area contributed by atoms with E-state index < -0.39 is 0 Å². The Morgan fingerprint density at radius 3 is 1.50 bits per heavy atom. The van der Waals surface area contributed by atoms with Crippen molar-refractivity contribution in [3.05, 3.63) is 73.1 Å². The maximum absolute atomic E-state index is 4.94. The molecule has 6 rings (SSSR count). The minimum atomic E-state index is 0.801. The number of aromatic nitrogens is 4. The van der Waals surface area contributed by atoms with Crippen LogP contribution in [0.25, 0.3) is 54.6 Å². The second-order valence-corrected chi connectivity index (χ2v) is 6.41. The summed E-state index contributed by atoms with van der Waals surface area (Å²) in [5.41, 5.74) is 5.08. The van der Waals surface area contributed by atoms with Gasteiger partial charge in [0.2, 0.25) is 0 Å². The predicted molar refractivity (Wildman–Crippen MR) is 105 cm³/mol. The van der Waals surface area contributed by atoms with Gasteiger partial charge >= 0.3 is 0 Å². The molecule has 4 heteroatoms. The number of hydrogen-bond acceptors (Lipinski definition) is 4. The lowest BCUT2D eigenvalue weighted by molar-refractivity contribution is 1.36. The van der Waals surface area contributed by atoms with E-state index in [-0.39, 0.29) is 0 Å². The summed E-state index contributed by atoms with van der Waals surface area (Å²) >= 11 is 0. The lowest BCUT2D eigenvalue weighted by Gasteiger charge is -2.09. The molecule has 120 valence electrons. The van der Waals surface area contributed by atoms with Crippen LogP contribution < -0.4 is 0 Å². The Kier molecular flexibility index (Phi) is 2.58. The zero-order valence-electron chi connectivity index (χ0n) is 13.7. The molecule has 0 bridgehead atoms. The van der Waals surface area contributed by atoms with Crippen molar-refractivity contribution in [3.63, 3.8) is 0 Å². The summed E-state index contributed by atoms with van der Waals surface area (Å²) in [6, 6.07) is 20.5. The molecule has 0 N–H and O–H groups in total. The summed E-state index contributed by atoms with van der Waals surface area (Å²) < 4.78 is 0. The number of hydrogen-bond donors (Lipinski definition) is 0. The molecule has 4 nitrogen and oxygen atoms in total. The van der Waals surface area contributed by atoms with E-state index in [0.29, 0.717) is 0 Å². The van der Waals surface area contributed by atoms with Crippen LogP contribution in [0, 0.1) is 0 Å². The average Bonchev–Trinajstić information content (AvgIpc) is 2.71. The molecule has 0 atom stereocenters. The molecule has 0 aliphatic carbocycles. The van der Waals surface area contributed by atoms with E-state index in [1.54, 1.807) is 12.4 Å². The van der Waals surface area contributed by atoms with Gasteiger partial charge in [0, 0.05) is 23.2 Å². The van der Waals surface area contributed by atoms with Gasteiger partial charge in [0.05, 0.1) is 22.1 Å². The smallest absolute Gasteiger partial charge is 0.118 e. The van der Waals surface area contributed by atoms with Crippen molar-refractivity contribution in [2.24, 2.45) is 0 Å². The van der Waals surface area contributed by atoms with Crippen LogP contribution in [0.5, 0.6) is 0 Å². The van der Waals surface area contributed by atoms with Crippen molar-refractivity contribution in [3.8, 4) is 0 Å². The zero-order chi connectivity index (χ0) is 17.1. The lowest BCUT2D eigenvalue weighted by atomic mass is 10.1. The van der Waals surface area contributed by atoms with Crippen molar-refractivity contribution in [2.45, 2.75) is 0 Å². The normalized spacial score (nSPS) is 11.8. The molecule has 6 aromatic rings. The fourth-order valence-corrected chi connectivity index (χ4v) is 3.70. The first kappa shape index (κ1) is 13.6. The Morgan fingerprint density at radius 2 is 1.00 bits per heavy atom. The van der Waals surface area contributed by atoms with E-state index in [4.69, 9.17) is 9.97 Å². The third-order valence-corrected chi connectivity index (χ3v) is 4.89. The lowest BCUT2D eigenvalue weighted by Crippen LogP contribution is -1.94. The molecule has 3 aromatic carbocycles. The Bertz CT molecular complexity index is 1370. The van der Waals surface area contributed by atoms with E-state index in [1.807, 2.05) is 24.3 Å². The average molecular weight is 332 g/mol. The Morgan fingerprint density at radius 1 is 0.500 bits per heavy atom. The molecule has 3 heterocycles. The summed E-state index contributed by atoms with van der Waals surface area (Å²) in [5, 5.41) is 4.42. The molecule has 0 radical (unpaired) electrons.